The van der Waals surface area contributed by atoms with Crippen LogP contribution in [0.5, 0.6) is 11.5 Å². The van der Waals surface area contributed by atoms with Crippen LogP contribution < -0.4 is 20.5 Å². The fourth-order valence-electron chi connectivity index (χ4n) is 1.99. The predicted octanol–water partition coefficient (Wildman–Crippen LogP) is 4.27. The van der Waals surface area contributed by atoms with E-state index in [0.29, 0.717) is 18.4 Å². The molecule has 0 aliphatic rings. The first kappa shape index (κ1) is 21.1. The molecule has 0 radical (unpaired) electrons. The van der Waals surface area contributed by atoms with E-state index in [-0.39, 0.29) is 24.0 Å². The summed E-state index contributed by atoms with van der Waals surface area (Å²) in [4.78, 5) is 4.35. The highest BCUT2D eigenvalue weighted by molar-refractivity contribution is 14.0. The lowest BCUT2D eigenvalue weighted by atomic mass is 10.2. The molecular weight excluding hydrogens is 429 g/mol. The predicted molar refractivity (Wildman–Crippen MR) is 114 cm³/mol. The van der Waals surface area contributed by atoms with Crippen molar-refractivity contribution in [2.45, 2.75) is 20.4 Å². The van der Waals surface area contributed by atoms with Crippen molar-refractivity contribution >= 4 is 35.6 Å². The van der Waals surface area contributed by atoms with E-state index in [4.69, 9.17) is 15.2 Å². The number of halogens is 1. The molecule has 0 amide bonds. The van der Waals surface area contributed by atoms with Crippen molar-refractivity contribution in [3.63, 3.8) is 0 Å². The van der Waals surface area contributed by atoms with E-state index in [1.165, 1.54) is 0 Å². The molecule has 0 heterocycles. The van der Waals surface area contributed by atoms with Crippen molar-refractivity contribution in [1.82, 2.24) is 0 Å². The summed E-state index contributed by atoms with van der Waals surface area (Å²) in [5, 5.41) is 3.06. The quantitative estimate of drug-likeness (QED) is 0.372. The van der Waals surface area contributed by atoms with Gasteiger partial charge in [-0.1, -0.05) is 26.0 Å². The zero-order valence-electron chi connectivity index (χ0n) is 14.9. The maximum absolute atomic E-state index is 5.92. The van der Waals surface area contributed by atoms with Crippen LogP contribution in [0.2, 0.25) is 0 Å². The van der Waals surface area contributed by atoms with Crippen molar-refractivity contribution in [2.75, 3.05) is 19.0 Å². The van der Waals surface area contributed by atoms with Crippen LogP contribution in [0.4, 0.5) is 5.69 Å². The zero-order chi connectivity index (χ0) is 17.4. The Morgan fingerprint density at radius 2 is 1.64 bits per heavy atom. The second-order valence-electron chi connectivity index (χ2n) is 5.90. The minimum atomic E-state index is 0. The van der Waals surface area contributed by atoms with Gasteiger partial charge in [0.05, 0.1) is 20.3 Å². The number of guanidine groups is 1. The lowest BCUT2D eigenvalue weighted by Crippen LogP contribution is -2.22. The normalized spacial score (nSPS) is 11.0. The average molecular weight is 455 g/mol. The first-order valence-corrected chi connectivity index (χ1v) is 7.99. The first-order valence-electron chi connectivity index (χ1n) is 7.99. The van der Waals surface area contributed by atoms with E-state index < -0.39 is 0 Å². The lowest BCUT2D eigenvalue weighted by Gasteiger charge is -2.09. The summed E-state index contributed by atoms with van der Waals surface area (Å²) < 4.78 is 10.8. The van der Waals surface area contributed by atoms with Gasteiger partial charge in [-0.3, -0.25) is 0 Å². The number of nitrogens with one attached hydrogen (secondary N) is 1. The molecule has 2 aromatic rings. The Balaban J connectivity index is 0.00000312. The van der Waals surface area contributed by atoms with Crippen LogP contribution in [-0.2, 0) is 6.54 Å². The maximum Gasteiger partial charge on any atom is 0.193 e. The van der Waals surface area contributed by atoms with Crippen LogP contribution in [0.15, 0.2) is 53.5 Å². The van der Waals surface area contributed by atoms with Crippen LogP contribution in [-0.4, -0.2) is 19.7 Å². The Bertz CT molecular complexity index is 655. The fourth-order valence-corrected chi connectivity index (χ4v) is 1.99. The van der Waals surface area contributed by atoms with E-state index in [1.54, 1.807) is 7.11 Å². The fraction of sp³-hybridized carbons (Fsp3) is 0.316. The maximum atomic E-state index is 5.92. The van der Waals surface area contributed by atoms with Gasteiger partial charge in [0.25, 0.3) is 0 Å². The third kappa shape index (κ3) is 7.64. The SMILES string of the molecule is COc1ccc(NC(N)=NCc2ccc(OCC(C)C)cc2)cc1.I. The molecule has 0 fully saturated rings. The molecule has 0 saturated heterocycles. The average Bonchev–Trinajstić information content (AvgIpc) is 2.59. The summed E-state index contributed by atoms with van der Waals surface area (Å²) >= 11 is 0. The van der Waals surface area contributed by atoms with Gasteiger partial charge < -0.3 is 20.5 Å². The summed E-state index contributed by atoms with van der Waals surface area (Å²) in [5.74, 6) is 2.56. The van der Waals surface area contributed by atoms with Gasteiger partial charge in [0.15, 0.2) is 5.96 Å². The number of ether oxygens (including phenoxy) is 2. The summed E-state index contributed by atoms with van der Waals surface area (Å²) in [7, 11) is 1.64. The second-order valence-corrected chi connectivity index (χ2v) is 5.90. The van der Waals surface area contributed by atoms with Crippen LogP contribution in [0.1, 0.15) is 19.4 Å². The van der Waals surface area contributed by atoms with Crippen molar-refractivity contribution in [3.05, 3.63) is 54.1 Å². The number of anilines is 1. The minimum absolute atomic E-state index is 0. The molecule has 2 aromatic carbocycles. The number of hydrogen-bond acceptors (Lipinski definition) is 3. The van der Waals surface area contributed by atoms with E-state index in [0.717, 1.165) is 29.4 Å². The Labute approximate surface area is 166 Å². The third-order valence-electron chi connectivity index (χ3n) is 3.30. The Morgan fingerprint density at radius 3 is 2.20 bits per heavy atom. The summed E-state index contributed by atoms with van der Waals surface area (Å²) in [6, 6.07) is 15.4. The summed E-state index contributed by atoms with van der Waals surface area (Å²) in [6.45, 7) is 5.49. The molecule has 6 heteroatoms. The zero-order valence-corrected chi connectivity index (χ0v) is 17.2. The molecule has 0 spiro atoms. The summed E-state index contributed by atoms with van der Waals surface area (Å²) in [5.41, 5.74) is 7.86. The number of aliphatic imine (C=N–C) groups is 1. The molecule has 2 rings (SSSR count). The highest BCUT2D eigenvalue weighted by Crippen LogP contribution is 2.15. The van der Waals surface area contributed by atoms with Gasteiger partial charge in [-0.05, 0) is 47.9 Å². The molecule has 3 N–H and O–H groups in total. The molecule has 0 atom stereocenters. The van der Waals surface area contributed by atoms with Gasteiger partial charge in [0.2, 0.25) is 0 Å². The molecule has 0 aliphatic carbocycles. The molecule has 5 nitrogen and oxygen atoms in total. The number of rotatable bonds is 7. The van der Waals surface area contributed by atoms with E-state index in [2.05, 4.69) is 24.2 Å². The van der Waals surface area contributed by atoms with Crippen molar-refractivity contribution < 1.29 is 9.47 Å². The van der Waals surface area contributed by atoms with E-state index in [9.17, 15) is 0 Å². The first-order chi connectivity index (χ1) is 11.6. The van der Waals surface area contributed by atoms with Gasteiger partial charge in [-0.15, -0.1) is 24.0 Å². The molecule has 136 valence electrons. The monoisotopic (exact) mass is 455 g/mol. The van der Waals surface area contributed by atoms with E-state index in [1.807, 2.05) is 48.5 Å². The van der Waals surface area contributed by atoms with Gasteiger partial charge in [0, 0.05) is 5.69 Å². The van der Waals surface area contributed by atoms with Gasteiger partial charge >= 0.3 is 0 Å². The molecule has 0 unspecified atom stereocenters. The van der Waals surface area contributed by atoms with Crippen LogP contribution in [0, 0.1) is 5.92 Å². The van der Waals surface area contributed by atoms with Crippen molar-refractivity contribution in [1.29, 1.82) is 0 Å². The highest BCUT2D eigenvalue weighted by Gasteiger charge is 1.99. The van der Waals surface area contributed by atoms with Gasteiger partial charge in [-0.25, -0.2) is 4.99 Å². The molecule has 0 aliphatic heterocycles. The number of methoxy groups -OCH3 is 1. The second kappa shape index (κ2) is 10.8. The molecular formula is C19H26IN3O2. The molecule has 25 heavy (non-hydrogen) atoms. The Kier molecular flexibility index (Phi) is 9.12. The number of nitrogens with two attached hydrogens (primary N) is 1. The molecule has 0 saturated carbocycles. The smallest absolute Gasteiger partial charge is 0.193 e. The van der Waals surface area contributed by atoms with E-state index >= 15 is 0 Å². The van der Waals surface area contributed by atoms with Crippen LogP contribution in [0.25, 0.3) is 0 Å². The van der Waals surface area contributed by atoms with Crippen LogP contribution >= 0.6 is 24.0 Å². The topological polar surface area (TPSA) is 68.9 Å². The Morgan fingerprint density at radius 1 is 1.04 bits per heavy atom. The number of hydrogen-bond donors (Lipinski definition) is 2. The third-order valence-corrected chi connectivity index (χ3v) is 3.30. The highest BCUT2D eigenvalue weighted by atomic mass is 127. The molecule has 0 aromatic heterocycles. The van der Waals surface area contributed by atoms with Gasteiger partial charge in [0.1, 0.15) is 11.5 Å². The number of nitrogens with zero attached hydrogens (tertiary/aromatic N) is 1. The summed E-state index contributed by atoms with van der Waals surface area (Å²) in [6.07, 6.45) is 0. The van der Waals surface area contributed by atoms with Crippen LogP contribution in [0.3, 0.4) is 0 Å². The largest absolute Gasteiger partial charge is 0.497 e. The standard InChI is InChI=1S/C19H25N3O2.HI/c1-14(2)13-24-18-8-4-15(5-9-18)12-21-19(20)22-16-6-10-17(23-3)11-7-16;/h4-11,14H,12-13H2,1-3H3,(H3,20,21,22);1H. The van der Waals surface area contributed by atoms with Crippen molar-refractivity contribution in [3.8, 4) is 11.5 Å². The molecule has 0 bridgehead atoms. The van der Waals surface area contributed by atoms with Gasteiger partial charge in [-0.2, -0.15) is 0 Å². The minimum Gasteiger partial charge on any atom is -0.497 e. The lowest BCUT2D eigenvalue weighted by molar-refractivity contribution is 0.271. The number of benzene rings is 2. The Hall–Kier alpha value is -1.96. The van der Waals surface area contributed by atoms with Crippen molar-refractivity contribution in [2.24, 2.45) is 16.6 Å².